The quantitative estimate of drug-likeness (QED) is 0.622. The second-order valence-electron chi connectivity index (χ2n) is 5.01. The molecule has 0 aliphatic carbocycles. The number of thioether (sulfide) groups is 1. The van der Waals surface area contributed by atoms with E-state index in [2.05, 4.69) is 5.32 Å². The zero-order chi connectivity index (χ0) is 15.2. The van der Waals surface area contributed by atoms with Crippen LogP contribution in [-0.4, -0.2) is 41.7 Å². The summed E-state index contributed by atoms with van der Waals surface area (Å²) < 4.78 is 0. The summed E-state index contributed by atoms with van der Waals surface area (Å²) in [5.41, 5.74) is 7.60. The smallest absolute Gasteiger partial charge is 0.224 e. The zero-order valence-electron chi connectivity index (χ0n) is 12.2. The molecule has 0 saturated carbocycles. The maximum absolute atomic E-state index is 12.0. The fraction of sp³-hybridized carbons (Fsp3) is 0.467. The lowest BCUT2D eigenvalue weighted by molar-refractivity contribution is -0.129. The van der Waals surface area contributed by atoms with Crippen LogP contribution in [0.15, 0.2) is 23.1 Å². The highest BCUT2D eigenvalue weighted by Crippen LogP contribution is 2.27. The Hall–Kier alpha value is -1.27. The minimum atomic E-state index is 0.220. The molecule has 21 heavy (non-hydrogen) atoms. The van der Waals surface area contributed by atoms with E-state index in [0.29, 0.717) is 18.0 Å². The molecule has 1 amide bonds. The summed E-state index contributed by atoms with van der Waals surface area (Å²) in [5, 5.41) is 3.30. The lowest BCUT2D eigenvalue weighted by atomic mass is 10.1. The predicted octanol–water partition coefficient (Wildman–Crippen LogP) is 2.47. The van der Waals surface area contributed by atoms with Gasteiger partial charge in [0.05, 0.1) is 0 Å². The van der Waals surface area contributed by atoms with Crippen molar-refractivity contribution >= 4 is 40.6 Å². The van der Waals surface area contributed by atoms with Gasteiger partial charge in [-0.3, -0.25) is 4.79 Å². The van der Waals surface area contributed by atoms with Gasteiger partial charge < -0.3 is 16.0 Å². The van der Waals surface area contributed by atoms with Crippen molar-refractivity contribution in [3.05, 3.63) is 23.8 Å². The Morgan fingerprint density at radius 1 is 1.43 bits per heavy atom. The standard InChI is InChI=1S/C15H21N3OS2/c1-21-12-6-4-5-11(14(12)15(16)20)17-8-7-13(19)18-9-2-3-10-18/h4-6,17H,2-3,7-10H2,1H3,(H2,16,20). The number of anilines is 1. The molecule has 0 radical (unpaired) electrons. The number of amides is 1. The maximum Gasteiger partial charge on any atom is 0.224 e. The Labute approximate surface area is 135 Å². The third-order valence-electron chi connectivity index (χ3n) is 3.61. The van der Waals surface area contributed by atoms with Gasteiger partial charge >= 0.3 is 0 Å². The Kier molecular flexibility index (Phi) is 5.87. The number of hydrogen-bond acceptors (Lipinski definition) is 4. The van der Waals surface area contributed by atoms with Gasteiger partial charge in [-0.05, 0) is 31.2 Å². The van der Waals surface area contributed by atoms with Crippen molar-refractivity contribution in [3.8, 4) is 0 Å². The normalized spacial score (nSPS) is 14.2. The summed E-state index contributed by atoms with van der Waals surface area (Å²) in [6.45, 7) is 2.40. The topological polar surface area (TPSA) is 58.4 Å². The van der Waals surface area contributed by atoms with Crippen molar-refractivity contribution in [3.63, 3.8) is 0 Å². The molecule has 0 unspecified atom stereocenters. The molecular weight excluding hydrogens is 302 g/mol. The van der Waals surface area contributed by atoms with Gasteiger partial charge in [0.2, 0.25) is 5.91 Å². The highest BCUT2D eigenvalue weighted by Gasteiger charge is 2.17. The Morgan fingerprint density at radius 2 is 2.14 bits per heavy atom. The van der Waals surface area contributed by atoms with Crippen molar-refractivity contribution in [1.29, 1.82) is 0 Å². The molecule has 0 atom stereocenters. The first-order chi connectivity index (χ1) is 10.1. The molecule has 0 spiro atoms. The molecule has 1 fully saturated rings. The first kappa shape index (κ1) is 16.1. The lowest BCUT2D eigenvalue weighted by Crippen LogP contribution is -2.29. The van der Waals surface area contributed by atoms with Crippen LogP contribution in [0.25, 0.3) is 0 Å². The average molecular weight is 323 g/mol. The van der Waals surface area contributed by atoms with Crippen molar-refractivity contribution in [1.82, 2.24) is 4.90 Å². The molecule has 1 aliphatic heterocycles. The van der Waals surface area contributed by atoms with Gasteiger partial charge in [0.15, 0.2) is 0 Å². The van der Waals surface area contributed by atoms with Crippen molar-refractivity contribution in [2.24, 2.45) is 5.73 Å². The van der Waals surface area contributed by atoms with Gasteiger partial charge in [0.25, 0.3) is 0 Å². The number of nitrogens with zero attached hydrogens (tertiary/aromatic N) is 1. The molecule has 114 valence electrons. The SMILES string of the molecule is CSc1cccc(NCCC(=O)N2CCCC2)c1C(N)=S. The average Bonchev–Trinajstić information content (AvgIpc) is 3.00. The van der Waals surface area contributed by atoms with Crippen LogP contribution in [0.1, 0.15) is 24.8 Å². The summed E-state index contributed by atoms with van der Waals surface area (Å²) in [7, 11) is 0. The third-order valence-corrected chi connectivity index (χ3v) is 4.59. The van der Waals surface area contributed by atoms with E-state index in [4.69, 9.17) is 18.0 Å². The maximum atomic E-state index is 12.0. The molecule has 6 heteroatoms. The van der Waals surface area contributed by atoms with Crippen LogP contribution in [0.2, 0.25) is 0 Å². The van der Waals surface area contributed by atoms with Crippen molar-refractivity contribution in [2.45, 2.75) is 24.2 Å². The van der Waals surface area contributed by atoms with E-state index in [1.807, 2.05) is 29.4 Å². The molecule has 3 N–H and O–H groups in total. The number of thiocarbonyl (C=S) groups is 1. The van der Waals surface area contributed by atoms with Crippen molar-refractivity contribution < 1.29 is 4.79 Å². The van der Waals surface area contributed by atoms with Gasteiger partial charge in [0.1, 0.15) is 4.99 Å². The number of likely N-dealkylation sites (tertiary alicyclic amines) is 1. The second-order valence-corrected chi connectivity index (χ2v) is 6.30. The lowest BCUT2D eigenvalue weighted by Gasteiger charge is -2.17. The van der Waals surface area contributed by atoms with E-state index in [-0.39, 0.29) is 5.91 Å². The third kappa shape index (κ3) is 4.11. The molecule has 1 heterocycles. The molecule has 1 aliphatic rings. The fourth-order valence-corrected chi connectivity index (χ4v) is 3.45. The van der Waals surface area contributed by atoms with E-state index < -0.39 is 0 Å². The van der Waals surface area contributed by atoms with E-state index in [0.717, 1.165) is 42.1 Å². The van der Waals surface area contributed by atoms with Gasteiger partial charge in [-0.2, -0.15) is 0 Å². The van der Waals surface area contributed by atoms with Crippen LogP contribution in [0.5, 0.6) is 0 Å². The van der Waals surface area contributed by atoms with E-state index in [1.165, 1.54) is 0 Å². The highest BCUT2D eigenvalue weighted by atomic mass is 32.2. The van der Waals surface area contributed by atoms with Crippen LogP contribution in [0, 0.1) is 0 Å². The van der Waals surface area contributed by atoms with Crippen LogP contribution in [-0.2, 0) is 4.79 Å². The van der Waals surface area contributed by atoms with E-state index >= 15 is 0 Å². The molecule has 1 saturated heterocycles. The van der Waals surface area contributed by atoms with Gasteiger partial charge in [-0.15, -0.1) is 11.8 Å². The Morgan fingerprint density at radius 3 is 2.76 bits per heavy atom. The zero-order valence-corrected chi connectivity index (χ0v) is 13.9. The summed E-state index contributed by atoms with van der Waals surface area (Å²) in [4.78, 5) is 15.4. The van der Waals surface area contributed by atoms with Gasteiger partial charge in [-0.1, -0.05) is 18.3 Å². The van der Waals surface area contributed by atoms with Crippen LogP contribution < -0.4 is 11.1 Å². The largest absolute Gasteiger partial charge is 0.389 e. The highest BCUT2D eigenvalue weighted by molar-refractivity contribution is 7.98. The second kappa shape index (κ2) is 7.66. The molecule has 4 nitrogen and oxygen atoms in total. The first-order valence-electron chi connectivity index (χ1n) is 7.12. The van der Waals surface area contributed by atoms with E-state index in [9.17, 15) is 4.79 Å². The monoisotopic (exact) mass is 323 g/mol. The Balaban J connectivity index is 1.96. The Bertz CT molecular complexity index is 528. The number of nitrogens with two attached hydrogens (primary N) is 1. The number of benzene rings is 1. The van der Waals surface area contributed by atoms with Crippen molar-refractivity contribution in [2.75, 3.05) is 31.2 Å². The first-order valence-corrected chi connectivity index (χ1v) is 8.75. The number of carbonyl (C=O) groups excluding carboxylic acids is 1. The number of hydrogen-bond donors (Lipinski definition) is 2. The molecular formula is C15H21N3OS2. The van der Waals surface area contributed by atoms with E-state index in [1.54, 1.807) is 11.8 Å². The van der Waals surface area contributed by atoms with Crippen LogP contribution in [0.3, 0.4) is 0 Å². The number of nitrogens with one attached hydrogen (secondary N) is 1. The minimum Gasteiger partial charge on any atom is -0.389 e. The molecule has 0 bridgehead atoms. The number of rotatable bonds is 6. The number of carbonyl (C=O) groups is 1. The fourth-order valence-electron chi connectivity index (χ4n) is 2.53. The minimum absolute atomic E-state index is 0.220. The summed E-state index contributed by atoms with van der Waals surface area (Å²) in [5.74, 6) is 0.220. The van der Waals surface area contributed by atoms with Crippen LogP contribution in [0.4, 0.5) is 5.69 Å². The molecule has 1 aromatic carbocycles. The van der Waals surface area contributed by atoms with Gasteiger partial charge in [0, 0.05) is 42.2 Å². The molecule has 2 rings (SSSR count). The molecule has 0 aromatic heterocycles. The van der Waals surface area contributed by atoms with Gasteiger partial charge in [-0.25, -0.2) is 0 Å². The predicted molar refractivity (Wildman–Crippen MR) is 93.0 cm³/mol. The summed E-state index contributed by atoms with van der Waals surface area (Å²) in [6.07, 6.45) is 4.75. The van der Waals surface area contributed by atoms with Crippen LogP contribution >= 0.6 is 24.0 Å². The molecule has 1 aromatic rings. The summed E-state index contributed by atoms with van der Waals surface area (Å²) >= 11 is 6.76. The summed E-state index contributed by atoms with van der Waals surface area (Å²) in [6, 6.07) is 5.92.